The number of aromatic nitrogens is 9. The van der Waals surface area contributed by atoms with Crippen LogP contribution in [0, 0.1) is 69.5 Å². The second-order valence-corrected chi connectivity index (χ2v) is 46.6. The highest BCUT2D eigenvalue weighted by molar-refractivity contribution is 7.48. The number of nitrogens with one attached hydrogen (secondary N) is 6. The van der Waals surface area contributed by atoms with E-state index >= 15 is 18.9 Å². The smallest absolute Gasteiger partial charge is 0.456 e. The Morgan fingerprint density at radius 2 is 0.604 bits per heavy atom. The van der Waals surface area contributed by atoms with Gasteiger partial charge >= 0.3 is 7.82 Å². The third kappa shape index (κ3) is 18.5. The molecule has 3 fully saturated rings. The lowest BCUT2D eigenvalue weighted by Crippen LogP contribution is -2.64. The van der Waals surface area contributed by atoms with Crippen molar-refractivity contribution in [1.82, 2.24) is 59.0 Å². The molecular formula is C99H141N18O16P. The Morgan fingerprint density at radius 1 is 0.388 bits per heavy atom. The van der Waals surface area contributed by atoms with Crippen molar-refractivity contribution in [3.8, 4) is 17.2 Å². The van der Waals surface area contributed by atoms with Gasteiger partial charge in [-0.1, -0.05) is 165 Å². The van der Waals surface area contributed by atoms with Gasteiger partial charge in [0.1, 0.15) is 34.1 Å². The van der Waals surface area contributed by atoms with Crippen LogP contribution in [0.4, 0.5) is 51.2 Å². The summed E-state index contributed by atoms with van der Waals surface area (Å²) in [4.78, 5) is 150. The van der Waals surface area contributed by atoms with Gasteiger partial charge in [0.15, 0.2) is 34.3 Å². The molecule has 0 spiro atoms. The van der Waals surface area contributed by atoms with Gasteiger partial charge in [-0.15, -0.1) is 0 Å². The zero-order chi connectivity index (χ0) is 99.6. The molecule has 0 aliphatic heterocycles. The van der Waals surface area contributed by atoms with Gasteiger partial charge in [0.05, 0.1) is 34.1 Å². The number of ether oxygens (including phenoxy) is 3. The summed E-state index contributed by atoms with van der Waals surface area (Å²) in [6.45, 7) is 44.3. The number of amides is 3. The molecule has 12 rings (SSSR count). The normalized spacial score (nSPS) is 19.6. The largest absolute Gasteiger partial charge is 0.485 e. The summed E-state index contributed by atoms with van der Waals surface area (Å²) in [7, 11) is 8.38. The number of phosphoric acid groups is 1. The summed E-state index contributed by atoms with van der Waals surface area (Å²) in [5.74, 6) is -11.1. The van der Waals surface area contributed by atoms with Crippen molar-refractivity contribution in [2.75, 3.05) is 93.8 Å². The molecule has 34 nitrogen and oxygen atoms in total. The molecular weight excluding hydrogens is 1730 g/mol. The predicted molar refractivity (Wildman–Crippen MR) is 522 cm³/mol. The van der Waals surface area contributed by atoms with E-state index in [1.165, 1.54) is 93.8 Å². The van der Waals surface area contributed by atoms with Crippen molar-refractivity contribution in [2.24, 2.45) is 69.9 Å². The highest BCUT2D eigenvalue weighted by Crippen LogP contribution is 2.71. The molecule has 728 valence electrons. The highest BCUT2D eigenvalue weighted by Gasteiger charge is 2.70. The maximum absolute atomic E-state index is 19.5. The Morgan fingerprint density at radius 3 is 0.799 bits per heavy atom. The summed E-state index contributed by atoms with van der Waals surface area (Å²) in [5.41, 5.74) is -12.0. The second kappa shape index (κ2) is 35.9. The lowest BCUT2D eigenvalue weighted by molar-refractivity contribution is -0.314. The van der Waals surface area contributed by atoms with Crippen LogP contribution in [-0.4, -0.2) is 156 Å². The molecule has 0 saturated heterocycles. The van der Waals surface area contributed by atoms with E-state index in [0.29, 0.717) is 0 Å². The van der Waals surface area contributed by atoms with Crippen LogP contribution in [0.3, 0.4) is 0 Å². The first-order valence-electron chi connectivity index (χ1n) is 46.2. The standard InChI is InChI=1S/C99H141N18O16P/c1-55-49-115(31)109-64(55)58-37-34-43-94(58,22)52-103-67-70(79(121)76(67)118)106-61-40-46-100-73(85(124)112(25)26)82(61)128-97(88(4,5)6,89(7,8)9)131-134(127,132-98(90(10,11)12,91(13,14)15)129-83-62(41-47-101-74(83)86(125)113(27)28)107-71-68(77(119)80(71)122)104-53-95(23)44-35-38-59(95)65-56(2)50-116(32)110-65)133-99(92(16,17)18,93(19,20)21)130-84-63(42-48-102-75(84)87(126)114(29)30)108-72-69(78(120)81(72)123)105-54-96(24)45-36-39-60(96)66-57(3)51-117(33)111-66/h40-42,46-51,58-60,103-105H,34-39,43-45,52-54H2,1-33H3,(H,100,106)(H,101,107)(H,102,108)/t58-,59-,60-,94-,95-,96-/m0/s1. The molecule has 3 amide bonds. The van der Waals surface area contributed by atoms with Crippen LogP contribution in [-0.2, 0) is 39.3 Å². The third-order valence-corrected chi connectivity index (χ3v) is 29.3. The molecule has 0 radical (unpaired) electrons. The Balaban J connectivity index is 1.07. The zero-order valence-corrected chi connectivity index (χ0v) is 85.7. The van der Waals surface area contributed by atoms with Crippen LogP contribution in [0.15, 0.2) is 84.1 Å². The van der Waals surface area contributed by atoms with Crippen molar-refractivity contribution in [3.05, 3.63) is 168 Å². The molecule has 3 aliphatic rings. The molecule has 6 atom stereocenters. The molecule has 9 aromatic rings. The van der Waals surface area contributed by atoms with Crippen LogP contribution < -0.4 is 78.7 Å². The average molecular weight is 1870 g/mol. The maximum atomic E-state index is 19.5. The van der Waals surface area contributed by atoms with Crippen molar-refractivity contribution in [2.45, 2.75) is 259 Å². The molecule has 3 saturated carbocycles. The third-order valence-electron chi connectivity index (χ3n) is 27.8. The molecule has 0 unspecified atom stereocenters. The number of carbonyl (C=O) groups excluding carboxylic acids is 3. The second-order valence-electron chi connectivity index (χ2n) is 45.2. The van der Waals surface area contributed by atoms with Crippen molar-refractivity contribution in [1.29, 1.82) is 0 Å². The minimum Gasteiger partial charge on any atom is -0.456 e. The monoisotopic (exact) mass is 1870 g/mol. The van der Waals surface area contributed by atoms with Gasteiger partial charge in [0, 0.05) is 170 Å². The van der Waals surface area contributed by atoms with E-state index in [1.54, 1.807) is 139 Å². The molecule has 3 aliphatic carbocycles. The number of hydrogen-bond acceptors (Lipinski definition) is 28. The molecule has 3 aromatic carbocycles. The Bertz CT molecular complexity index is 5630. The van der Waals surface area contributed by atoms with Gasteiger partial charge in [-0.25, -0.2) is 33.1 Å². The van der Waals surface area contributed by atoms with E-state index < -0.39 is 124 Å². The van der Waals surface area contributed by atoms with Gasteiger partial charge in [-0.05, 0) is 110 Å². The van der Waals surface area contributed by atoms with Crippen LogP contribution >= 0.6 is 7.82 Å². The minimum atomic E-state index is -6.26. The molecule has 6 aromatic heterocycles. The molecule has 0 bridgehead atoms. The summed E-state index contributed by atoms with van der Waals surface area (Å²) < 4.78 is 72.0. The van der Waals surface area contributed by atoms with E-state index in [-0.39, 0.29) is 123 Å². The lowest BCUT2D eigenvalue weighted by Gasteiger charge is -2.58. The zero-order valence-electron chi connectivity index (χ0n) is 84.8. The van der Waals surface area contributed by atoms with Crippen molar-refractivity contribution < 1.29 is 46.7 Å². The molecule has 6 N–H and O–H groups in total. The summed E-state index contributed by atoms with van der Waals surface area (Å²) in [6, 6.07) is 4.36. The quantitative estimate of drug-likeness (QED) is 0.0126. The summed E-state index contributed by atoms with van der Waals surface area (Å²) >= 11 is 0. The summed E-state index contributed by atoms with van der Waals surface area (Å²) in [6.07, 6.45) is 17.4. The number of aryl methyl sites for hydroxylation is 6. The van der Waals surface area contributed by atoms with Crippen LogP contribution in [0.2, 0.25) is 0 Å². The van der Waals surface area contributed by atoms with Gasteiger partial charge in [-0.3, -0.25) is 57.2 Å². The maximum Gasteiger partial charge on any atom is 0.485 e. The SMILES string of the molecule is Cc1cn(C)nc1[C@@H]1CCC[C@@]1(C)CNc1c(Nc2ccnc(C(=O)N(C)C)c2OC(OP(=O)(OC(Oc2c(Nc3c(NC[C@]4(C)CCC[C@H]4c4nn(C)cc4C)c(=O)c3=O)ccnc2C(=O)N(C)C)(C(C)(C)C)C(C)(C)C)OC(Oc2c(Nc3c(NC[C@]4(C)CCC[C@H]4c4nn(C)cc4C)c(=O)c3=O)ccnc2C(=O)N(C)C)(C(C)(C)C)C(C)(C)C)(C(C)(C)C)C(C)(C)C)c(=O)c1=O. The summed E-state index contributed by atoms with van der Waals surface area (Å²) in [5, 5.41) is 34.3. The van der Waals surface area contributed by atoms with Gasteiger partial charge < -0.3 is 60.8 Å². The highest BCUT2D eigenvalue weighted by atomic mass is 31.2. The van der Waals surface area contributed by atoms with Crippen molar-refractivity contribution in [3.63, 3.8) is 0 Å². The van der Waals surface area contributed by atoms with E-state index in [2.05, 4.69) is 52.7 Å². The first-order valence-corrected chi connectivity index (χ1v) is 47.7. The average Bonchev–Trinajstić information content (AvgIpc) is 1.18. The first-order chi connectivity index (χ1) is 61.8. The van der Waals surface area contributed by atoms with Gasteiger partial charge in [-0.2, -0.15) is 15.3 Å². The topological polar surface area (TPSA) is 400 Å². The van der Waals surface area contributed by atoms with Crippen LogP contribution in [0.1, 0.15) is 286 Å². The van der Waals surface area contributed by atoms with Crippen LogP contribution in [0.25, 0.3) is 0 Å². The number of rotatable bonds is 33. The number of carbonyl (C=O) groups is 3. The molecule has 35 heteroatoms. The number of pyridine rings is 3. The minimum absolute atomic E-state index is 0.000462. The Hall–Kier alpha value is -11.0. The number of hydrogen-bond donors (Lipinski definition) is 6. The van der Waals surface area contributed by atoms with Crippen molar-refractivity contribution >= 4 is 76.7 Å². The van der Waals surface area contributed by atoms with Gasteiger partial charge in [0.25, 0.3) is 50.3 Å². The van der Waals surface area contributed by atoms with E-state index in [9.17, 15) is 28.8 Å². The number of nitrogens with zero attached hydrogens (tertiary/aromatic N) is 12. The fourth-order valence-electron chi connectivity index (χ4n) is 21.1. The Labute approximate surface area is 786 Å². The Kier molecular flexibility index (Phi) is 27.4. The lowest BCUT2D eigenvalue weighted by atomic mass is 9.70. The van der Waals surface area contributed by atoms with Crippen LogP contribution in [0.5, 0.6) is 17.2 Å². The number of anilines is 9. The number of phosphoric ester groups is 1. The predicted octanol–water partition coefficient (Wildman–Crippen LogP) is 16.3. The van der Waals surface area contributed by atoms with Gasteiger partial charge in [0.2, 0.25) is 17.4 Å². The molecule has 6 heterocycles. The fourth-order valence-corrected chi connectivity index (χ4v) is 23.9. The van der Waals surface area contributed by atoms with E-state index in [0.717, 1.165) is 91.6 Å². The van der Waals surface area contributed by atoms with E-state index in [1.807, 2.05) is 60.5 Å². The fraction of sp³-hybridized carbons (Fsp3) is 0.606. The first kappa shape index (κ1) is 102. The molecule has 134 heavy (non-hydrogen) atoms. The van der Waals surface area contributed by atoms with E-state index in [4.69, 9.17) is 58.0 Å².